The first-order valence-electron chi connectivity index (χ1n) is 4.58. The highest BCUT2D eigenvalue weighted by molar-refractivity contribution is 5.93. The average molecular weight is 224 g/mol. The van der Waals surface area contributed by atoms with Gasteiger partial charge in [-0.25, -0.2) is 4.79 Å². The van der Waals surface area contributed by atoms with Gasteiger partial charge in [-0.05, 0) is 6.92 Å². The molecule has 1 aromatic heterocycles. The molecule has 0 bridgehead atoms. The minimum Gasteiger partial charge on any atom is -0.464 e. The second-order valence-corrected chi connectivity index (χ2v) is 3.19. The van der Waals surface area contributed by atoms with Crippen molar-refractivity contribution >= 4 is 11.7 Å². The predicted molar refractivity (Wildman–Crippen MR) is 57.4 cm³/mol. The Bertz CT molecular complexity index is 448. The summed E-state index contributed by atoms with van der Waals surface area (Å²) >= 11 is 0. The van der Waals surface area contributed by atoms with Crippen LogP contribution in [0, 0.1) is 17.0 Å². The minimum absolute atomic E-state index is 0.123. The number of allylic oxidation sites excluding steroid dienone is 1. The van der Waals surface area contributed by atoms with Crippen molar-refractivity contribution in [2.75, 3.05) is 7.11 Å². The first kappa shape index (κ1) is 12.0. The molecule has 16 heavy (non-hydrogen) atoms. The summed E-state index contributed by atoms with van der Waals surface area (Å²) in [7, 11) is 1.18. The number of nitro groups is 1. The SMILES string of the molecule is C=CCc1[nH]c(C(=O)OC)c([N+](=O)[O-])c1C. The van der Waals surface area contributed by atoms with Gasteiger partial charge in [0, 0.05) is 17.7 Å². The smallest absolute Gasteiger partial charge is 0.361 e. The Labute approximate surface area is 92.1 Å². The molecule has 0 radical (unpaired) electrons. The van der Waals surface area contributed by atoms with Crippen LogP contribution >= 0.6 is 0 Å². The van der Waals surface area contributed by atoms with Gasteiger partial charge in [0.05, 0.1) is 12.0 Å². The molecule has 1 heterocycles. The lowest BCUT2D eigenvalue weighted by Gasteiger charge is -1.95. The third-order valence-corrected chi connectivity index (χ3v) is 2.24. The van der Waals surface area contributed by atoms with Gasteiger partial charge in [0.25, 0.3) is 0 Å². The zero-order valence-electron chi connectivity index (χ0n) is 9.07. The van der Waals surface area contributed by atoms with Crippen molar-refractivity contribution in [2.45, 2.75) is 13.3 Å². The van der Waals surface area contributed by atoms with E-state index >= 15 is 0 Å². The van der Waals surface area contributed by atoms with Crippen molar-refractivity contribution in [1.82, 2.24) is 4.98 Å². The predicted octanol–water partition coefficient (Wildman–Crippen LogP) is 1.75. The third kappa shape index (κ3) is 1.95. The lowest BCUT2D eigenvalue weighted by molar-refractivity contribution is -0.385. The summed E-state index contributed by atoms with van der Waals surface area (Å²) in [6, 6.07) is 0. The average Bonchev–Trinajstić information content (AvgIpc) is 2.56. The van der Waals surface area contributed by atoms with Crippen LogP contribution in [0.5, 0.6) is 0 Å². The van der Waals surface area contributed by atoms with Crippen molar-refractivity contribution in [1.29, 1.82) is 0 Å². The number of rotatable bonds is 4. The second-order valence-electron chi connectivity index (χ2n) is 3.19. The van der Waals surface area contributed by atoms with E-state index in [0.29, 0.717) is 17.7 Å². The van der Waals surface area contributed by atoms with Crippen LogP contribution in [0.25, 0.3) is 0 Å². The van der Waals surface area contributed by atoms with Crippen LogP contribution in [-0.2, 0) is 11.2 Å². The van der Waals surface area contributed by atoms with E-state index in [2.05, 4.69) is 16.3 Å². The van der Waals surface area contributed by atoms with Crippen molar-refractivity contribution in [3.05, 3.63) is 39.7 Å². The van der Waals surface area contributed by atoms with Crippen LogP contribution in [0.4, 0.5) is 5.69 Å². The molecule has 1 N–H and O–H groups in total. The number of hydrogen-bond donors (Lipinski definition) is 1. The van der Waals surface area contributed by atoms with E-state index < -0.39 is 10.9 Å². The summed E-state index contributed by atoms with van der Waals surface area (Å²) in [4.78, 5) is 24.3. The van der Waals surface area contributed by atoms with Gasteiger partial charge < -0.3 is 9.72 Å². The molecule has 86 valence electrons. The van der Waals surface area contributed by atoms with E-state index in [0.717, 1.165) is 0 Å². The molecule has 0 aliphatic rings. The van der Waals surface area contributed by atoms with E-state index in [9.17, 15) is 14.9 Å². The van der Waals surface area contributed by atoms with Gasteiger partial charge in [-0.3, -0.25) is 10.1 Å². The number of methoxy groups -OCH3 is 1. The van der Waals surface area contributed by atoms with Gasteiger partial charge >= 0.3 is 11.7 Å². The first-order chi connectivity index (χ1) is 7.52. The highest BCUT2D eigenvalue weighted by atomic mass is 16.6. The van der Waals surface area contributed by atoms with Crippen molar-refractivity contribution < 1.29 is 14.5 Å². The number of hydrogen-bond acceptors (Lipinski definition) is 4. The summed E-state index contributed by atoms with van der Waals surface area (Å²) in [5.74, 6) is -0.745. The number of nitrogens with one attached hydrogen (secondary N) is 1. The van der Waals surface area contributed by atoms with Crippen molar-refractivity contribution in [3.63, 3.8) is 0 Å². The molecule has 0 aliphatic carbocycles. The molecule has 0 atom stereocenters. The van der Waals surface area contributed by atoms with Crippen molar-refractivity contribution in [2.24, 2.45) is 0 Å². The lowest BCUT2D eigenvalue weighted by atomic mass is 10.2. The van der Waals surface area contributed by atoms with Crippen LogP contribution in [-0.4, -0.2) is 23.0 Å². The number of nitrogens with zero attached hydrogens (tertiary/aromatic N) is 1. The molecule has 0 spiro atoms. The molecule has 0 unspecified atom stereocenters. The largest absolute Gasteiger partial charge is 0.464 e. The minimum atomic E-state index is -0.745. The van der Waals surface area contributed by atoms with Crippen LogP contribution in [0.15, 0.2) is 12.7 Å². The van der Waals surface area contributed by atoms with Crippen molar-refractivity contribution in [3.8, 4) is 0 Å². The van der Waals surface area contributed by atoms with E-state index in [1.807, 2.05) is 0 Å². The zero-order valence-corrected chi connectivity index (χ0v) is 9.07. The molecule has 0 aliphatic heterocycles. The Kier molecular flexibility index (Phi) is 3.44. The lowest BCUT2D eigenvalue weighted by Crippen LogP contribution is -2.05. The summed E-state index contributed by atoms with van der Waals surface area (Å²) < 4.78 is 4.47. The molecule has 1 rings (SSSR count). The molecule has 0 saturated carbocycles. The number of ether oxygens (including phenoxy) is 1. The molecular weight excluding hydrogens is 212 g/mol. The first-order valence-corrected chi connectivity index (χ1v) is 4.58. The van der Waals surface area contributed by atoms with Gasteiger partial charge in [-0.15, -0.1) is 6.58 Å². The normalized spacial score (nSPS) is 9.88. The molecule has 0 saturated heterocycles. The van der Waals surface area contributed by atoms with E-state index in [4.69, 9.17) is 0 Å². The molecule has 0 fully saturated rings. The molecule has 1 aromatic rings. The van der Waals surface area contributed by atoms with Crippen LogP contribution in [0.3, 0.4) is 0 Å². The molecule has 0 aromatic carbocycles. The van der Waals surface area contributed by atoms with Gasteiger partial charge in [0.2, 0.25) is 5.69 Å². The Hall–Kier alpha value is -2.11. The van der Waals surface area contributed by atoms with Gasteiger partial charge in [-0.1, -0.05) is 6.08 Å². The summed E-state index contributed by atoms with van der Waals surface area (Å²) in [5.41, 5.74) is 0.679. The number of aromatic amines is 1. The number of carbonyl (C=O) groups is 1. The van der Waals surface area contributed by atoms with Crippen LogP contribution in [0.1, 0.15) is 21.7 Å². The Morgan fingerprint density at radius 1 is 1.69 bits per heavy atom. The topological polar surface area (TPSA) is 85.2 Å². The maximum Gasteiger partial charge on any atom is 0.361 e. The maximum atomic E-state index is 11.3. The molecule has 6 heteroatoms. The Balaban J connectivity index is 3.36. The fraction of sp³-hybridized carbons (Fsp3) is 0.300. The molecular formula is C10H12N2O4. The summed E-state index contributed by atoms with van der Waals surface area (Å²) in [5, 5.41) is 10.8. The summed E-state index contributed by atoms with van der Waals surface area (Å²) in [6.45, 7) is 5.12. The third-order valence-electron chi connectivity index (χ3n) is 2.24. The highest BCUT2D eigenvalue weighted by Gasteiger charge is 2.28. The van der Waals surface area contributed by atoms with E-state index in [-0.39, 0.29) is 11.4 Å². The monoisotopic (exact) mass is 224 g/mol. The maximum absolute atomic E-state index is 11.3. The number of H-pyrrole nitrogens is 1. The van der Waals surface area contributed by atoms with Crippen LogP contribution in [0.2, 0.25) is 0 Å². The zero-order chi connectivity index (χ0) is 12.3. The van der Waals surface area contributed by atoms with Gasteiger partial charge in [0.1, 0.15) is 0 Å². The Morgan fingerprint density at radius 3 is 2.75 bits per heavy atom. The van der Waals surface area contributed by atoms with E-state index in [1.165, 1.54) is 7.11 Å². The molecule has 6 nitrogen and oxygen atoms in total. The number of carbonyl (C=O) groups excluding carboxylic acids is 1. The fourth-order valence-electron chi connectivity index (χ4n) is 1.46. The number of aromatic nitrogens is 1. The highest BCUT2D eigenvalue weighted by Crippen LogP contribution is 2.27. The van der Waals surface area contributed by atoms with E-state index in [1.54, 1.807) is 13.0 Å². The van der Waals surface area contributed by atoms with Gasteiger partial charge in [-0.2, -0.15) is 0 Å². The molecule has 0 amide bonds. The quantitative estimate of drug-likeness (QED) is 0.365. The second kappa shape index (κ2) is 4.61. The standard InChI is InChI=1S/C10H12N2O4/c1-4-5-7-6(2)9(12(14)15)8(11-7)10(13)16-3/h4,11H,1,5H2,2-3H3. The fourth-order valence-corrected chi connectivity index (χ4v) is 1.46. The number of esters is 1. The van der Waals surface area contributed by atoms with Crippen LogP contribution < -0.4 is 0 Å². The Morgan fingerprint density at radius 2 is 2.31 bits per heavy atom. The summed E-state index contributed by atoms with van der Waals surface area (Å²) in [6.07, 6.45) is 2.04. The van der Waals surface area contributed by atoms with Gasteiger partial charge in [0.15, 0.2) is 0 Å².